The molecule has 0 aromatic heterocycles. The molecule has 0 saturated heterocycles. The van der Waals surface area contributed by atoms with Gasteiger partial charge in [0.15, 0.2) is 5.96 Å². The van der Waals surface area contributed by atoms with Crippen molar-refractivity contribution >= 4 is 35.9 Å². The molecule has 0 aliphatic carbocycles. The number of aliphatic imine (C=N–C) groups is 1. The smallest absolute Gasteiger partial charge is 0.310 e. The van der Waals surface area contributed by atoms with Crippen molar-refractivity contribution in [3.8, 4) is 0 Å². The van der Waals surface area contributed by atoms with Gasteiger partial charge < -0.3 is 15.4 Å². The minimum atomic E-state index is -0.241. The van der Waals surface area contributed by atoms with E-state index in [9.17, 15) is 4.79 Å². The fourth-order valence-corrected chi connectivity index (χ4v) is 2.16. The van der Waals surface area contributed by atoms with Crippen molar-refractivity contribution in [1.82, 2.24) is 10.6 Å². The Labute approximate surface area is 162 Å². The Bertz CT molecular complexity index is 494. The molecule has 1 rings (SSSR count). The summed E-state index contributed by atoms with van der Waals surface area (Å²) in [5.41, 5.74) is 1.34. The maximum Gasteiger partial charge on any atom is 0.310 e. The van der Waals surface area contributed by atoms with Crippen molar-refractivity contribution in [3.05, 3.63) is 35.9 Å². The highest BCUT2D eigenvalue weighted by Gasteiger charge is 2.13. The summed E-state index contributed by atoms with van der Waals surface area (Å²) in [5.74, 6) is 0.264. The predicted molar refractivity (Wildman–Crippen MR) is 110 cm³/mol. The van der Waals surface area contributed by atoms with Crippen LogP contribution in [0, 0.1) is 5.92 Å². The van der Waals surface area contributed by atoms with Crippen LogP contribution in [0.15, 0.2) is 35.3 Å². The number of carbonyl (C=O) groups is 1. The van der Waals surface area contributed by atoms with E-state index in [1.54, 1.807) is 0 Å². The SMILES string of the molecule is CCNC(=NCC(C)C(=O)OC)NC(C)CCc1ccccc1.I. The van der Waals surface area contributed by atoms with E-state index in [4.69, 9.17) is 4.74 Å². The summed E-state index contributed by atoms with van der Waals surface area (Å²) in [6.45, 7) is 7.17. The van der Waals surface area contributed by atoms with Gasteiger partial charge in [-0.05, 0) is 32.3 Å². The summed E-state index contributed by atoms with van der Waals surface area (Å²) in [5, 5.41) is 6.60. The molecule has 1 aromatic carbocycles. The van der Waals surface area contributed by atoms with Crippen LogP contribution >= 0.6 is 24.0 Å². The van der Waals surface area contributed by atoms with Gasteiger partial charge in [0.25, 0.3) is 0 Å². The van der Waals surface area contributed by atoms with Crippen LogP contribution in [0.5, 0.6) is 0 Å². The molecule has 136 valence electrons. The fourth-order valence-electron chi connectivity index (χ4n) is 2.16. The van der Waals surface area contributed by atoms with Crippen LogP contribution in [0.25, 0.3) is 0 Å². The van der Waals surface area contributed by atoms with Crippen LogP contribution in [0.1, 0.15) is 32.8 Å². The van der Waals surface area contributed by atoms with Gasteiger partial charge in [0, 0.05) is 12.6 Å². The number of hydrogen-bond acceptors (Lipinski definition) is 3. The Kier molecular flexibility index (Phi) is 12.3. The summed E-state index contributed by atoms with van der Waals surface area (Å²) in [6, 6.07) is 10.7. The van der Waals surface area contributed by atoms with Crippen molar-refractivity contribution < 1.29 is 9.53 Å². The fraction of sp³-hybridized carbons (Fsp3) is 0.556. The molecule has 0 heterocycles. The van der Waals surface area contributed by atoms with Crippen molar-refractivity contribution in [2.24, 2.45) is 10.9 Å². The molecule has 0 fully saturated rings. The minimum absolute atomic E-state index is 0. The van der Waals surface area contributed by atoms with Crippen LogP contribution in [0.4, 0.5) is 0 Å². The average molecular weight is 447 g/mol. The van der Waals surface area contributed by atoms with E-state index in [-0.39, 0.29) is 35.9 Å². The van der Waals surface area contributed by atoms with Crippen molar-refractivity contribution in [1.29, 1.82) is 0 Å². The molecule has 0 amide bonds. The Morgan fingerprint density at radius 1 is 1.25 bits per heavy atom. The molecule has 2 N–H and O–H groups in total. The molecule has 0 spiro atoms. The lowest BCUT2D eigenvalue weighted by atomic mass is 10.1. The number of carbonyl (C=O) groups excluding carboxylic acids is 1. The molecule has 0 saturated carbocycles. The molecular weight excluding hydrogens is 417 g/mol. The third kappa shape index (κ3) is 9.10. The van der Waals surface area contributed by atoms with Gasteiger partial charge >= 0.3 is 5.97 Å². The molecule has 2 unspecified atom stereocenters. The molecule has 0 aliphatic heterocycles. The topological polar surface area (TPSA) is 62.7 Å². The number of esters is 1. The minimum Gasteiger partial charge on any atom is -0.469 e. The maximum atomic E-state index is 11.4. The summed E-state index contributed by atoms with van der Waals surface area (Å²) in [6.07, 6.45) is 2.04. The first kappa shape index (κ1) is 22.7. The van der Waals surface area contributed by atoms with Gasteiger partial charge in [-0.3, -0.25) is 9.79 Å². The molecule has 5 nitrogen and oxygen atoms in total. The zero-order valence-electron chi connectivity index (χ0n) is 15.0. The quantitative estimate of drug-likeness (QED) is 0.279. The first-order chi connectivity index (χ1) is 11.1. The Hall–Kier alpha value is -1.31. The van der Waals surface area contributed by atoms with Gasteiger partial charge in [-0.15, -0.1) is 24.0 Å². The average Bonchev–Trinajstić information content (AvgIpc) is 2.58. The van der Waals surface area contributed by atoms with E-state index in [1.807, 2.05) is 19.9 Å². The lowest BCUT2D eigenvalue weighted by Crippen LogP contribution is -2.42. The van der Waals surface area contributed by atoms with Crippen LogP contribution in [-0.4, -0.2) is 38.2 Å². The number of halogens is 1. The number of aryl methyl sites for hydroxylation is 1. The molecule has 0 radical (unpaired) electrons. The van der Waals surface area contributed by atoms with E-state index in [0.717, 1.165) is 25.3 Å². The molecule has 6 heteroatoms. The van der Waals surface area contributed by atoms with E-state index in [2.05, 4.69) is 46.8 Å². The second kappa shape index (κ2) is 13.0. The van der Waals surface area contributed by atoms with Crippen LogP contribution in [0.3, 0.4) is 0 Å². The zero-order valence-corrected chi connectivity index (χ0v) is 17.4. The standard InChI is InChI=1S/C18H29N3O2.HI/c1-5-19-18(20-13-14(2)17(22)23-4)21-15(3)11-12-16-9-7-6-8-10-16;/h6-10,14-15H,5,11-13H2,1-4H3,(H2,19,20,21);1H. The molecule has 2 atom stereocenters. The Morgan fingerprint density at radius 3 is 2.50 bits per heavy atom. The van der Waals surface area contributed by atoms with Crippen molar-refractivity contribution in [3.63, 3.8) is 0 Å². The van der Waals surface area contributed by atoms with E-state index >= 15 is 0 Å². The summed E-state index contributed by atoms with van der Waals surface area (Å²) >= 11 is 0. The maximum absolute atomic E-state index is 11.4. The van der Waals surface area contributed by atoms with Gasteiger partial charge in [-0.25, -0.2) is 0 Å². The highest BCUT2D eigenvalue weighted by Crippen LogP contribution is 2.05. The van der Waals surface area contributed by atoms with Crippen LogP contribution in [-0.2, 0) is 16.0 Å². The number of benzene rings is 1. The number of nitrogens with zero attached hydrogens (tertiary/aromatic N) is 1. The summed E-state index contributed by atoms with van der Waals surface area (Å²) in [7, 11) is 1.40. The normalized spacial score (nSPS) is 13.4. The third-order valence-corrected chi connectivity index (χ3v) is 3.56. The molecule has 1 aromatic rings. The van der Waals surface area contributed by atoms with Gasteiger partial charge in [0.05, 0.1) is 19.6 Å². The lowest BCUT2D eigenvalue weighted by molar-refractivity contribution is -0.144. The number of ether oxygens (including phenoxy) is 1. The highest BCUT2D eigenvalue weighted by molar-refractivity contribution is 14.0. The molecule has 0 aliphatic rings. The number of hydrogen-bond donors (Lipinski definition) is 2. The van der Waals surface area contributed by atoms with Gasteiger partial charge in [-0.1, -0.05) is 37.3 Å². The first-order valence-electron chi connectivity index (χ1n) is 8.23. The van der Waals surface area contributed by atoms with Gasteiger partial charge in [0.2, 0.25) is 0 Å². The van der Waals surface area contributed by atoms with Gasteiger partial charge in [-0.2, -0.15) is 0 Å². The van der Waals surface area contributed by atoms with Crippen molar-refractivity contribution in [2.75, 3.05) is 20.2 Å². The van der Waals surface area contributed by atoms with E-state index < -0.39 is 0 Å². The number of guanidine groups is 1. The molecule has 0 bridgehead atoms. The van der Waals surface area contributed by atoms with Crippen LogP contribution < -0.4 is 10.6 Å². The number of rotatable bonds is 8. The number of methoxy groups -OCH3 is 1. The second-order valence-corrected chi connectivity index (χ2v) is 5.71. The zero-order chi connectivity index (χ0) is 17.1. The lowest BCUT2D eigenvalue weighted by Gasteiger charge is -2.18. The van der Waals surface area contributed by atoms with E-state index in [0.29, 0.717) is 12.6 Å². The molecule has 24 heavy (non-hydrogen) atoms. The summed E-state index contributed by atoms with van der Waals surface area (Å²) in [4.78, 5) is 15.9. The van der Waals surface area contributed by atoms with E-state index in [1.165, 1.54) is 12.7 Å². The Balaban J connectivity index is 0.00000529. The summed E-state index contributed by atoms with van der Waals surface area (Å²) < 4.78 is 4.72. The first-order valence-corrected chi connectivity index (χ1v) is 8.23. The highest BCUT2D eigenvalue weighted by atomic mass is 127. The van der Waals surface area contributed by atoms with Crippen molar-refractivity contribution in [2.45, 2.75) is 39.7 Å². The van der Waals surface area contributed by atoms with Crippen LogP contribution in [0.2, 0.25) is 0 Å². The van der Waals surface area contributed by atoms with Gasteiger partial charge in [0.1, 0.15) is 0 Å². The Morgan fingerprint density at radius 2 is 1.92 bits per heavy atom. The monoisotopic (exact) mass is 447 g/mol. The number of nitrogens with one attached hydrogen (secondary N) is 2. The largest absolute Gasteiger partial charge is 0.469 e. The molecular formula is C18H30IN3O2. The second-order valence-electron chi connectivity index (χ2n) is 5.71. The third-order valence-electron chi connectivity index (χ3n) is 3.56. The predicted octanol–water partition coefficient (Wildman–Crippen LogP) is 2.99.